The first-order chi connectivity index (χ1) is 11.3. The van der Waals surface area contributed by atoms with E-state index in [1.807, 2.05) is 31.2 Å². The van der Waals surface area contributed by atoms with E-state index in [-0.39, 0.29) is 5.92 Å². The van der Waals surface area contributed by atoms with Gasteiger partial charge in [-0.2, -0.15) is 5.10 Å². The summed E-state index contributed by atoms with van der Waals surface area (Å²) < 4.78 is 5.35. The smallest absolute Gasteiger partial charge is 0.196 e. The third kappa shape index (κ3) is 1.96. The molecule has 0 amide bonds. The van der Waals surface area contributed by atoms with Gasteiger partial charge < -0.3 is 15.2 Å². The van der Waals surface area contributed by atoms with E-state index < -0.39 is 5.72 Å². The molecule has 1 aliphatic heterocycles. The Morgan fingerprint density at radius 2 is 2.12 bits per heavy atom. The summed E-state index contributed by atoms with van der Waals surface area (Å²) in [6, 6.07) is 7.58. The Morgan fingerprint density at radius 1 is 1.42 bits per heavy atom. The number of thiocarbonyl (C=S) groups is 1. The van der Waals surface area contributed by atoms with Gasteiger partial charge in [-0.25, -0.2) is 5.01 Å². The molecule has 2 fully saturated rings. The van der Waals surface area contributed by atoms with Crippen molar-refractivity contribution in [2.45, 2.75) is 32.9 Å². The van der Waals surface area contributed by atoms with Crippen molar-refractivity contribution in [3.8, 4) is 5.75 Å². The number of methoxy groups -OCH3 is 1. The average Bonchev–Trinajstić information content (AvgIpc) is 2.84. The Balaban J connectivity index is 1.58. The summed E-state index contributed by atoms with van der Waals surface area (Å²) in [4.78, 5) is 0. The molecule has 4 atom stereocenters. The van der Waals surface area contributed by atoms with E-state index in [0.717, 1.165) is 11.4 Å². The molecule has 3 aliphatic rings. The standard InChI is InChI=1S/C18H23N3O2S/c1-10-14-15-11(17(15,2)3)9-18(14,22)21(20-10)16(24)19-12-7-5-6-8-13(12)23-4/h5-8,11,14-15,22H,9H2,1-4H3,(H,19,24). The molecule has 0 bridgehead atoms. The molecular weight excluding hydrogens is 322 g/mol. The van der Waals surface area contributed by atoms with Gasteiger partial charge in [-0.1, -0.05) is 26.0 Å². The van der Waals surface area contributed by atoms with E-state index in [4.69, 9.17) is 17.0 Å². The van der Waals surface area contributed by atoms with Crippen LogP contribution in [0.25, 0.3) is 0 Å². The van der Waals surface area contributed by atoms with Gasteiger partial charge in [-0.05, 0) is 48.5 Å². The molecule has 1 heterocycles. The van der Waals surface area contributed by atoms with E-state index in [2.05, 4.69) is 24.3 Å². The van der Waals surface area contributed by atoms with Crippen LogP contribution in [0.2, 0.25) is 0 Å². The van der Waals surface area contributed by atoms with Crippen molar-refractivity contribution in [1.82, 2.24) is 5.01 Å². The number of aliphatic hydroxyl groups is 1. The number of fused-ring (bicyclic) bond motifs is 3. The van der Waals surface area contributed by atoms with Gasteiger partial charge in [0.25, 0.3) is 0 Å². The number of ether oxygens (including phenoxy) is 1. The van der Waals surface area contributed by atoms with Gasteiger partial charge in [0.05, 0.1) is 18.7 Å². The minimum atomic E-state index is -0.999. The third-order valence-corrected chi connectivity index (χ3v) is 6.41. The van der Waals surface area contributed by atoms with Crippen molar-refractivity contribution in [1.29, 1.82) is 0 Å². The molecule has 4 unspecified atom stereocenters. The second-order valence-electron chi connectivity index (χ2n) is 7.70. The Bertz CT molecular complexity index is 748. The summed E-state index contributed by atoms with van der Waals surface area (Å²) in [6.07, 6.45) is 0.712. The van der Waals surface area contributed by atoms with Crippen molar-refractivity contribution in [3.05, 3.63) is 24.3 Å². The zero-order chi connectivity index (χ0) is 17.3. The first-order valence-corrected chi connectivity index (χ1v) is 8.73. The number of hydrogen-bond acceptors (Lipinski definition) is 4. The molecule has 4 rings (SSSR count). The Kier molecular flexibility index (Phi) is 3.25. The highest BCUT2D eigenvalue weighted by atomic mass is 32.1. The highest BCUT2D eigenvalue weighted by Crippen LogP contribution is 2.73. The van der Waals surface area contributed by atoms with Gasteiger partial charge in [-0.15, -0.1) is 0 Å². The quantitative estimate of drug-likeness (QED) is 0.807. The number of anilines is 1. The Labute approximate surface area is 147 Å². The zero-order valence-corrected chi connectivity index (χ0v) is 15.2. The zero-order valence-electron chi connectivity index (χ0n) is 14.4. The van der Waals surface area contributed by atoms with E-state index in [1.54, 1.807) is 12.1 Å². The SMILES string of the molecule is COc1ccccc1NC(=S)N1N=C(C)C2C3C(CC21O)C3(C)C. The van der Waals surface area contributed by atoms with Crippen LogP contribution in [-0.2, 0) is 0 Å². The number of benzene rings is 1. The molecular formula is C18H23N3O2S. The highest BCUT2D eigenvalue weighted by molar-refractivity contribution is 7.80. The van der Waals surface area contributed by atoms with Crippen molar-refractivity contribution in [2.24, 2.45) is 28.3 Å². The lowest BCUT2D eigenvalue weighted by atomic mass is 9.84. The first-order valence-electron chi connectivity index (χ1n) is 8.32. The van der Waals surface area contributed by atoms with Crippen LogP contribution in [-0.4, -0.2) is 33.8 Å². The van der Waals surface area contributed by atoms with Crippen LogP contribution in [0.1, 0.15) is 27.2 Å². The molecule has 5 nitrogen and oxygen atoms in total. The van der Waals surface area contributed by atoms with Crippen molar-refractivity contribution < 1.29 is 9.84 Å². The summed E-state index contributed by atoms with van der Waals surface area (Å²) >= 11 is 5.56. The van der Waals surface area contributed by atoms with Crippen molar-refractivity contribution in [2.75, 3.05) is 12.4 Å². The molecule has 2 saturated carbocycles. The molecule has 128 valence electrons. The monoisotopic (exact) mass is 345 g/mol. The van der Waals surface area contributed by atoms with Crippen LogP contribution in [0.3, 0.4) is 0 Å². The maximum absolute atomic E-state index is 11.3. The normalized spacial score (nSPS) is 35.1. The van der Waals surface area contributed by atoms with Gasteiger partial charge in [0.15, 0.2) is 10.8 Å². The lowest BCUT2D eigenvalue weighted by Crippen LogP contribution is -2.51. The van der Waals surface area contributed by atoms with E-state index in [1.165, 1.54) is 0 Å². The number of rotatable bonds is 2. The van der Waals surface area contributed by atoms with Crippen molar-refractivity contribution in [3.63, 3.8) is 0 Å². The molecule has 0 saturated heterocycles. The van der Waals surface area contributed by atoms with Crippen LogP contribution < -0.4 is 10.1 Å². The van der Waals surface area contributed by atoms with Crippen LogP contribution in [0.4, 0.5) is 5.69 Å². The number of nitrogens with zero attached hydrogens (tertiary/aromatic N) is 2. The van der Waals surface area contributed by atoms with Gasteiger partial charge in [0.1, 0.15) is 5.75 Å². The second kappa shape index (κ2) is 4.92. The average molecular weight is 345 g/mol. The first kappa shape index (κ1) is 15.8. The molecule has 2 aliphatic carbocycles. The fraction of sp³-hybridized carbons (Fsp3) is 0.556. The molecule has 6 heteroatoms. The van der Waals surface area contributed by atoms with Crippen molar-refractivity contribution >= 4 is 28.7 Å². The summed E-state index contributed by atoms with van der Waals surface area (Å²) in [6.45, 7) is 6.56. The molecule has 2 N–H and O–H groups in total. The molecule has 24 heavy (non-hydrogen) atoms. The topological polar surface area (TPSA) is 57.1 Å². The van der Waals surface area contributed by atoms with Gasteiger partial charge >= 0.3 is 0 Å². The summed E-state index contributed by atoms with van der Waals surface area (Å²) in [5.74, 6) is 1.80. The van der Waals surface area contributed by atoms with Crippen LogP contribution in [0.5, 0.6) is 5.75 Å². The summed E-state index contributed by atoms with van der Waals surface area (Å²) in [5.41, 5.74) is 1.04. The van der Waals surface area contributed by atoms with E-state index in [0.29, 0.717) is 34.5 Å². The Morgan fingerprint density at radius 3 is 2.83 bits per heavy atom. The lowest BCUT2D eigenvalue weighted by Gasteiger charge is -2.36. The third-order valence-electron chi connectivity index (χ3n) is 6.13. The largest absolute Gasteiger partial charge is 0.495 e. The number of para-hydroxylation sites is 2. The maximum Gasteiger partial charge on any atom is 0.196 e. The van der Waals surface area contributed by atoms with Gasteiger partial charge in [-0.3, -0.25) is 0 Å². The predicted molar refractivity (Wildman–Crippen MR) is 98.0 cm³/mol. The Hall–Kier alpha value is -1.66. The number of hydrazone groups is 1. The number of hydrogen-bond donors (Lipinski definition) is 2. The molecule has 0 aromatic heterocycles. The van der Waals surface area contributed by atoms with Crippen LogP contribution in [0, 0.1) is 23.2 Å². The molecule has 0 radical (unpaired) electrons. The highest BCUT2D eigenvalue weighted by Gasteiger charge is 2.75. The summed E-state index contributed by atoms with van der Waals surface area (Å²) in [5, 5.41) is 21.1. The van der Waals surface area contributed by atoms with Crippen LogP contribution in [0.15, 0.2) is 29.4 Å². The maximum atomic E-state index is 11.3. The lowest BCUT2D eigenvalue weighted by molar-refractivity contribution is -0.0845. The fourth-order valence-corrected chi connectivity index (χ4v) is 5.14. The summed E-state index contributed by atoms with van der Waals surface area (Å²) in [7, 11) is 1.62. The van der Waals surface area contributed by atoms with Gasteiger partial charge in [0, 0.05) is 12.1 Å². The molecule has 1 aromatic rings. The van der Waals surface area contributed by atoms with E-state index >= 15 is 0 Å². The number of nitrogens with one attached hydrogen (secondary N) is 1. The van der Waals surface area contributed by atoms with Crippen LogP contribution >= 0.6 is 12.2 Å². The fourth-order valence-electron chi connectivity index (χ4n) is 4.83. The van der Waals surface area contributed by atoms with E-state index in [9.17, 15) is 5.11 Å². The minimum Gasteiger partial charge on any atom is -0.495 e. The molecule has 0 spiro atoms. The minimum absolute atomic E-state index is 0.0647. The van der Waals surface area contributed by atoms with Gasteiger partial charge in [0.2, 0.25) is 0 Å². The second-order valence-corrected chi connectivity index (χ2v) is 8.08. The molecule has 1 aromatic carbocycles. The predicted octanol–water partition coefficient (Wildman–Crippen LogP) is 3.06.